The first-order valence-electron chi connectivity index (χ1n) is 6.34. The van der Waals surface area contributed by atoms with E-state index < -0.39 is 0 Å². The van der Waals surface area contributed by atoms with Crippen molar-refractivity contribution in [2.24, 2.45) is 0 Å². The van der Waals surface area contributed by atoms with Crippen molar-refractivity contribution in [2.45, 2.75) is 13.5 Å². The zero-order valence-electron chi connectivity index (χ0n) is 11.1. The van der Waals surface area contributed by atoms with E-state index in [4.69, 9.17) is 9.68 Å². The second kappa shape index (κ2) is 5.06. The molecule has 4 nitrogen and oxygen atoms in total. The number of aryl methyl sites for hydroxylation is 1. The second-order valence-electron chi connectivity index (χ2n) is 4.65. The van der Waals surface area contributed by atoms with Gasteiger partial charge in [0.05, 0.1) is 6.54 Å². The van der Waals surface area contributed by atoms with Crippen LogP contribution in [0.1, 0.15) is 17.0 Å². The summed E-state index contributed by atoms with van der Waals surface area (Å²) in [4.78, 5) is 3.93. The highest BCUT2D eigenvalue weighted by Crippen LogP contribution is 2.21. The fraction of sp³-hybridized carbons (Fsp3) is 0.125. The van der Waals surface area contributed by atoms with E-state index in [2.05, 4.69) is 23.3 Å². The van der Waals surface area contributed by atoms with E-state index >= 15 is 0 Å². The molecule has 3 rings (SSSR count). The summed E-state index contributed by atoms with van der Waals surface area (Å²) in [5, 5.41) is 13.1. The number of fused-ring (bicyclic) bond motifs is 1. The molecule has 20 heavy (non-hydrogen) atoms. The Morgan fingerprint density at radius 1 is 1.25 bits per heavy atom. The number of nitriles is 1. The number of furan rings is 1. The van der Waals surface area contributed by atoms with Crippen molar-refractivity contribution in [2.75, 3.05) is 5.32 Å². The summed E-state index contributed by atoms with van der Waals surface area (Å²) in [7, 11) is 0. The highest BCUT2D eigenvalue weighted by atomic mass is 16.3. The quantitative estimate of drug-likeness (QED) is 0.784. The zero-order chi connectivity index (χ0) is 13.9. The monoisotopic (exact) mass is 263 g/mol. The molecular weight excluding hydrogens is 250 g/mol. The van der Waals surface area contributed by atoms with E-state index in [1.807, 2.05) is 30.3 Å². The Bertz CT molecular complexity index is 799. The lowest BCUT2D eigenvalue weighted by molar-refractivity contribution is 0.559. The third-order valence-corrected chi connectivity index (χ3v) is 3.06. The molecule has 0 bridgehead atoms. The highest BCUT2D eigenvalue weighted by Gasteiger charge is 2.04. The molecule has 2 heterocycles. The summed E-state index contributed by atoms with van der Waals surface area (Å²) in [6.45, 7) is 2.63. The van der Waals surface area contributed by atoms with Gasteiger partial charge in [0.15, 0.2) is 0 Å². The third-order valence-electron chi connectivity index (χ3n) is 3.06. The van der Waals surface area contributed by atoms with Crippen LogP contribution in [0.5, 0.6) is 0 Å². The SMILES string of the molecule is Cc1ccc2oc(CNc3ccnc(C#N)c3)cc2c1. The van der Waals surface area contributed by atoms with Gasteiger partial charge < -0.3 is 9.73 Å². The number of rotatable bonds is 3. The molecule has 0 spiro atoms. The fourth-order valence-corrected chi connectivity index (χ4v) is 2.10. The number of aromatic nitrogens is 1. The fourth-order valence-electron chi connectivity index (χ4n) is 2.10. The van der Waals surface area contributed by atoms with Crippen LogP contribution in [0.4, 0.5) is 5.69 Å². The van der Waals surface area contributed by atoms with Crippen molar-refractivity contribution in [3.63, 3.8) is 0 Å². The minimum atomic E-state index is 0.398. The molecule has 0 aliphatic rings. The lowest BCUT2D eigenvalue weighted by atomic mass is 10.2. The lowest BCUT2D eigenvalue weighted by Gasteiger charge is -2.03. The van der Waals surface area contributed by atoms with Gasteiger partial charge in [-0.15, -0.1) is 0 Å². The van der Waals surface area contributed by atoms with E-state index in [0.717, 1.165) is 22.4 Å². The van der Waals surface area contributed by atoms with E-state index in [1.165, 1.54) is 5.56 Å². The van der Waals surface area contributed by atoms with E-state index in [0.29, 0.717) is 12.2 Å². The molecule has 4 heteroatoms. The van der Waals surface area contributed by atoms with Crippen molar-refractivity contribution in [3.8, 4) is 6.07 Å². The lowest BCUT2D eigenvalue weighted by Crippen LogP contribution is -1.98. The van der Waals surface area contributed by atoms with Crippen LogP contribution in [0.3, 0.4) is 0 Å². The largest absolute Gasteiger partial charge is 0.459 e. The molecule has 98 valence electrons. The van der Waals surface area contributed by atoms with Crippen molar-refractivity contribution in [1.29, 1.82) is 5.26 Å². The minimum Gasteiger partial charge on any atom is -0.459 e. The van der Waals surface area contributed by atoms with Gasteiger partial charge >= 0.3 is 0 Å². The molecule has 0 amide bonds. The van der Waals surface area contributed by atoms with Crippen molar-refractivity contribution < 1.29 is 4.42 Å². The molecule has 2 aromatic heterocycles. The van der Waals surface area contributed by atoms with Gasteiger partial charge in [0.1, 0.15) is 23.1 Å². The molecule has 0 aliphatic carbocycles. The van der Waals surface area contributed by atoms with Crippen molar-refractivity contribution in [3.05, 3.63) is 59.6 Å². The zero-order valence-corrected chi connectivity index (χ0v) is 11.1. The van der Waals surface area contributed by atoms with Crippen LogP contribution in [-0.2, 0) is 6.54 Å². The molecule has 3 aromatic rings. The summed E-state index contributed by atoms with van der Waals surface area (Å²) in [6, 6.07) is 13.7. The first-order chi connectivity index (χ1) is 9.74. The highest BCUT2D eigenvalue weighted by molar-refractivity contribution is 5.78. The average molecular weight is 263 g/mol. The van der Waals surface area contributed by atoms with Crippen molar-refractivity contribution >= 4 is 16.7 Å². The molecule has 0 radical (unpaired) electrons. The maximum atomic E-state index is 8.81. The second-order valence-corrected chi connectivity index (χ2v) is 4.65. The van der Waals surface area contributed by atoms with E-state index in [-0.39, 0.29) is 0 Å². The molecule has 0 fully saturated rings. The number of hydrogen-bond acceptors (Lipinski definition) is 4. The Kier molecular flexibility index (Phi) is 3.10. The van der Waals surface area contributed by atoms with Crippen LogP contribution in [0.15, 0.2) is 47.0 Å². The van der Waals surface area contributed by atoms with Crippen LogP contribution >= 0.6 is 0 Å². The first kappa shape index (κ1) is 12.2. The number of hydrogen-bond donors (Lipinski definition) is 1. The summed E-state index contributed by atoms with van der Waals surface area (Å²) in [6.07, 6.45) is 1.61. The molecule has 0 saturated heterocycles. The molecule has 0 atom stereocenters. The summed E-state index contributed by atoms with van der Waals surface area (Å²) in [5.41, 5.74) is 3.36. The van der Waals surface area contributed by atoms with Gasteiger partial charge in [-0.3, -0.25) is 0 Å². The Morgan fingerprint density at radius 2 is 2.15 bits per heavy atom. The normalized spacial score (nSPS) is 10.4. The van der Waals surface area contributed by atoms with Gasteiger partial charge in [0.25, 0.3) is 0 Å². The van der Waals surface area contributed by atoms with Crippen LogP contribution in [0, 0.1) is 18.3 Å². The number of pyridine rings is 1. The summed E-state index contributed by atoms with van der Waals surface area (Å²) in [5.74, 6) is 0.862. The average Bonchev–Trinajstić information content (AvgIpc) is 2.87. The summed E-state index contributed by atoms with van der Waals surface area (Å²) >= 11 is 0. The number of benzene rings is 1. The minimum absolute atomic E-state index is 0.398. The van der Waals surface area contributed by atoms with Gasteiger partial charge in [0.2, 0.25) is 0 Å². The maximum absolute atomic E-state index is 8.81. The van der Waals surface area contributed by atoms with Crippen LogP contribution in [-0.4, -0.2) is 4.98 Å². The third kappa shape index (κ3) is 2.47. The molecule has 0 aliphatic heterocycles. The van der Waals surface area contributed by atoms with Gasteiger partial charge in [-0.2, -0.15) is 5.26 Å². The van der Waals surface area contributed by atoms with Crippen LogP contribution in [0.25, 0.3) is 11.0 Å². The Labute approximate surface area is 116 Å². The Balaban J connectivity index is 1.78. The van der Waals surface area contributed by atoms with Crippen LogP contribution in [0.2, 0.25) is 0 Å². The Morgan fingerprint density at radius 3 is 3.00 bits per heavy atom. The van der Waals surface area contributed by atoms with Gasteiger partial charge in [-0.1, -0.05) is 11.6 Å². The van der Waals surface area contributed by atoms with Crippen molar-refractivity contribution in [1.82, 2.24) is 4.98 Å². The smallest absolute Gasteiger partial charge is 0.142 e. The molecule has 0 unspecified atom stereocenters. The Hall–Kier alpha value is -2.80. The standard InChI is InChI=1S/C16H13N3O/c1-11-2-3-16-12(6-11)7-15(20-16)10-19-13-4-5-18-14(8-13)9-17/h2-8H,10H2,1H3,(H,18,19). The first-order valence-corrected chi connectivity index (χ1v) is 6.34. The van der Waals surface area contributed by atoms with Gasteiger partial charge in [0, 0.05) is 17.3 Å². The molecule has 0 saturated carbocycles. The van der Waals surface area contributed by atoms with Crippen LogP contribution < -0.4 is 5.32 Å². The number of nitrogens with zero attached hydrogens (tertiary/aromatic N) is 2. The van der Waals surface area contributed by atoms with Gasteiger partial charge in [-0.05, 0) is 37.3 Å². The predicted molar refractivity (Wildman–Crippen MR) is 77.2 cm³/mol. The number of anilines is 1. The van der Waals surface area contributed by atoms with E-state index in [9.17, 15) is 0 Å². The molecular formula is C16H13N3O. The number of nitrogens with one attached hydrogen (secondary N) is 1. The van der Waals surface area contributed by atoms with Gasteiger partial charge in [-0.25, -0.2) is 4.98 Å². The molecule has 1 N–H and O–H groups in total. The predicted octanol–water partition coefficient (Wildman–Crippen LogP) is 3.62. The molecule has 1 aromatic carbocycles. The van der Waals surface area contributed by atoms with E-state index in [1.54, 1.807) is 12.3 Å². The summed E-state index contributed by atoms with van der Waals surface area (Å²) < 4.78 is 5.76. The topological polar surface area (TPSA) is 61.9 Å². The maximum Gasteiger partial charge on any atom is 0.142 e.